The Kier molecular flexibility index (Phi) is 6.34. The zero-order valence-corrected chi connectivity index (χ0v) is 28.3. The maximum atomic E-state index is 6.54. The summed E-state index contributed by atoms with van der Waals surface area (Å²) in [5.41, 5.74) is 14.9. The number of nitrogens with zero attached hydrogens (tertiary/aromatic N) is 2. The lowest BCUT2D eigenvalue weighted by molar-refractivity contribution is 0.0567. The van der Waals surface area contributed by atoms with E-state index in [9.17, 15) is 0 Å². The maximum absolute atomic E-state index is 6.54. The van der Waals surface area contributed by atoms with Gasteiger partial charge in [-0.2, -0.15) is 0 Å². The molecule has 1 aliphatic carbocycles. The van der Waals surface area contributed by atoms with E-state index in [2.05, 4.69) is 186 Å². The summed E-state index contributed by atoms with van der Waals surface area (Å²) in [6.07, 6.45) is 6.71. The second kappa shape index (κ2) is 11.3. The van der Waals surface area contributed by atoms with Crippen molar-refractivity contribution in [1.29, 1.82) is 0 Å². The molecular weight excluding hydrogens is 635 g/mol. The summed E-state index contributed by atoms with van der Waals surface area (Å²) in [5, 5.41) is 3.91. The molecule has 4 nitrogen and oxygen atoms in total. The highest BCUT2D eigenvalue weighted by atomic mass is 16.5. The molecule has 1 saturated heterocycles. The van der Waals surface area contributed by atoms with E-state index in [-0.39, 0.29) is 12.3 Å². The lowest BCUT2D eigenvalue weighted by Crippen LogP contribution is -2.62. The van der Waals surface area contributed by atoms with Crippen molar-refractivity contribution >= 4 is 11.1 Å². The molecule has 52 heavy (non-hydrogen) atoms. The predicted molar refractivity (Wildman–Crippen MR) is 207 cm³/mol. The standard InChI is InChI=1S/C48H33N3O/c1-3-13-31(14-4-1)36-28-38(32-15-5-2-6-16-32)47-50-46(51(47)30-36)35-18-11-17-33(27-35)34-24-25-37-42(29-34)48(41-21-12-26-49-45(37)41)39-19-7-9-22-43(39)52-44-23-10-8-20-40(44)48/h1-30,46-47,50H. The molecule has 0 amide bonds. The van der Waals surface area contributed by atoms with E-state index in [1.807, 2.05) is 6.20 Å². The largest absolute Gasteiger partial charge is 0.457 e. The van der Waals surface area contributed by atoms with Crippen LogP contribution in [-0.2, 0) is 5.41 Å². The first kappa shape index (κ1) is 29.3. The molecular formula is C48H33N3O. The van der Waals surface area contributed by atoms with Gasteiger partial charge in [0.25, 0.3) is 0 Å². The van der Waals surface area contributed by atoms with Gasteiger partial charge in [-0.15, -0.1) is 0 Å². The third-order valence-corrected chi connectivity index (χ3v) is 11.2. The Bertz CT molecular complexity index is 2560. The molecule has 1 aromatic heterocycles. The van der Waals surface area contributed by atoms with Crippen LogP contribution in [-0.4, -0.2) is 16.0 Å². The number of hydrogen-bond acceptors (Lipinski definition) is 4. The molecule has 6 aromatic carbocycles. The highest BCUT2D eigenvalue weighted by Crippen LogP contribution is 2.62. The quantitative estimate of drug-likeness (QED) is 0.203. The molecule has 3 aliphatic heterocycles. The number of nitrogens with one attached hydrogen (secondary N) is 1. The summed E-state index contributed by atoms with van der Waals surface area (Å²) in [7, 11) is 0. The highest BCUT2D eigenvalue weighted by Gasteiger charge is 2.51. The lowest BCUT2D eigenvalue weighted by Gasteiger charge is -2.52. The van der Waals surface area contributed by atoms with Crippen LogP contribution in [0, 0.1) is 0 Å². The van der Waals surface area contributed by atoms with Crippen molar-refractivity contribution in [2.75, 3.05) is 0 Å². The van der Waals surface area contributed by atoms with Crippen LogP contribution in [0.15, 0.2) is 182 Å². The molecule has 1 fully saturated rings. The second-order valence-corrected chi connectivity index (χ2v) is 14.0. The van der Waals surface area contributed by atoms with Crippen LogP contribution in [0.1, 0.15) is 45.1 Å². The van der Waals surface area contributed by atoms with Gasteiger partial charge in [-0.05, 0) is 86.5 Å². The number of pyridine rings is 1. The van der Waals surface area contributed by atoms with Gasteiger partial charge in [0.05, 0.1) is 11.1 Å². The van der Waals surface area contributed by atoms with Crippen molar-refractivity contribution in [3.05, 3.63) is 221 Å². The smallest absolute Gasteiger partial charge is 0.132 e. The van der Waals surface area contributed by atoms with Crippen molar-refractivity contribution in [2.24, 2.45) is 0 Å². The average molecular weight is 668 g/mol. The minimum absolute atomic E-state index is 0.0412. The Morgan fingerprint density at radius 1 is 0.538 bits per heavy atom. The fourth-order valence-electron chi connectivity index (χ4n) is 8.93. The fraction of sp³-hybridized carbons (Fsp3) is 0.0625. The van der Waals surface area contributed by atoms with Gasteiger partial charge < -0.3 is 9.64 Å². The average Bonchev–Trinajstić information content (AvgIpc) is 3.49. The molecule has 0 bridgehead atoms. The first-order chi connectivity index (χ1) is 25.8. The van der Waals surface area contributed by atoms with Crippen LogP contribution in [0.25, 0.3) is 33.5 Å². The highest BCUT2D eigenvalue weighted by molar-refractivity contribution is 5.90. The van der Waals surface area contributed by atoms with Crippen LogP contribution in [0.2, 0.25) is 0 Å². The number of para-hydroxylation sites is 2. The third kappa shape index (κ3) is 4.16. The van der Waals surface area contributed by atoms with E-state index >= 15 is 0 Å². The monoisotopic (exact) mass is 667 g/mol. The minimum atomic E-state index is -0.548. The summed E-state index contributed by atoms with van der Waals surface area (Å²) in [6.45, 7) is 0. The molecule has 1 spiro atoms. The summed E-state index contributed by atoms with van der Waals surface area (Å²) in [6, 6.07) is 58.6. The van der Waals surface area contributed by atoms with Gasteiger partial charge in [-0.1, -0.05) is 133 Å². The summed E-state index contributed by atoms with van der Waals surface area (Å²) >= 11 is 0. The van der Waals surface area contributed by atoms with E-state index in [1.54, 1.807) is 0 Å². The Balaban J connectivity index is 1.02. The molecule has 4 aliphatic rings. The van der Waals surface area contributed by atoms with Crippen LogP contribution < -0.4 is 10.1 Å². The van der Waals surface area contributed by atoms with Crippen molar-refractivity contribution in [3.63, 3.8) is 0 Å². The van der Waals surface area contributed by atoms with E-state index in [4.69, 9.17) is 9.72 Å². The number of benzene rings is 6. The lowest BCUT2D eigenvalue weighted by atomic mass is 9.66. The molecule has 2 atom stereocenters. The first-order valence-corrected chi connectivity index (χ1v) is 17.9. The summed E-state index contributed by atoms with van der Waals surface area (Å²) < 4.78 is 6.54. The van der Waals surface area contributed by atoms with Crippen LogP contribution in [0.4, 0.5) is 0 Å². The number of hydrogen-bond donors (Lipinski definition) is 1. The Morgan fingerprint density at radius 2 is 1.19 bits per heavy atom. The summed E-state index contributed by atoms with van der Waals surface area (Å²) in [4.78, 5) is 7.46. The fourth-order valence-corrected chi connectivity index (χ4v) is 8.93. The molecule has 0 radical (unpaired) electrons. The summed E-state index contributed by atoms with van der Waals surface area (Å²) in [5.74, 6) is 1.77. The van der Waals surface area contributed by atoms with Gasteiger partial charge in [0, 0.05) is 29.1 Å². The van der Waals surface area contributed by atoms with Crippen molar-refractivity contribution < 1.29 is 4.74 Å². The Labute approximate surface area is 303 Å². The van der Waals surface area contributed by atoms with Crippen LogP contribution >= 0.6 is 0 Å². The van der Waals surface area contributed by atoms with E-state index in [0.717, 1.165) is 33.9 Å². The molecule has 4 heterocycles. The van der Waals surface area contributed by atoms with Crippen molar-refractivity contribution in [3.8, 4) is 33.9 Å². The van der Waals surface area contributed by atoms with Gasteiger partial charge in [0.1, 0.15) is 23.8 Å². The van der Waals surface area contributed by atoms with E-state index in [1.165, 1.54) is 50.1 Å². The molecule has 2 unspecified atom stereocenters. The zero-order chi connectivity index (χ0) is 34.2. The van der Waals surface area contributed by atoms with E-state index in [0.29, 0.717) is 0 Å². The Hall–Kier alpha value is -6.49. The van der Waals surface area contributed by atoms with Gasteiger partial charge in [-0.3, -0.25) is 10.3 Å². The molecule has 0 saturated carbocycles. The van der Waals surface area contributed by atoms with Gasteiger partial charge >= 0.3 is 0 Å². The minimum Gasteiger partial charge on any atom is -0.457 e. The third-order valence-electron chi connectivity index (χ3n) is 11.2. The number of ether oxygens (including phenoxy) is 1. The number of allylic oxidation sites excluding steroid dienone is 2. The topological polar surface area (TPSA) is 37.4 Å². The maximum Gasteiger partial charge on any atom is 0.132 e. The number of rotatable bonds is 4. The molecule has 7 aromatic rings. The molecule has 1 N–H and O–H groups in total. The predicted octanol–water partition coefficient (Wildman–Crippen LogP) is 10.6. The molecule has 4 heteroatoms. The number of fused-ring (bicyclic) bond motifs is 10. The first-order valence-electron chi connectivity index (χ1n) is 17.9. The SMILES string of the molecule is C1=C(c2ccccc2)C=C(c2ccccc2)C2NC(c3cccc(-c4ccc5c(c4)C4(c6ccccc6Oc6ccccc64)c4cccnc4-5)c3)N12. The van der Waals surface area contributed by atoms with Crippen molar-refractivity contribution in [1.82, 2.24) is 15.2 Å². The van der Waals surface area contributed by atoms with Gasteiger partial charge in [0.15, 0.2) is 0 Å². The normalized spacial score (nSPS) is 18.4. The van der Waals surface area contributed by atoms with Gasteiger partial charge in [0.2, 0.25) is 0 Å². The molecule has 246 valence electrons. The number of aromatic nitrogens is 1. The van der Waals surface area contributed by atoms with Gasteiger partial charge in [-0.25, -0.2) is 0 Å². The van der Waals surface area contributed by atoms with Crippen molar-refractivity contribution in [2.45, 2.75) is 17.7 Å². The molecule has 11 rings (SSSR count). The Morgan fingerprint density at radius 3 is 1.96 bits per heavy atom. The van der Waals surface area contributed by atoms with Crippen LogP contribution in [0.3, 0.4) is 0 Å². The zero-order valence-electron chi connectivity index (χ0n) is 28.3. The van der Waals surface area contributed by atoms with E-state index < -0.39 is 5.41 Å². The second-order valence-electron chi connectivity index (χ2n) is 14.0. The van der Waals surface area contributed by atoms with Crippen LogP contribution in [0.5, 0.6) is 11.5 Å².